The zero-order valence-corrected chi connectivity index (χ0v) is 12.4. The second-order valence-electron chi connectivity index (χ2n) is 4.00. The van der Waals surface area contributed by atoms with E-state index in [-0.39, 0.29) is 5.82 Å². The molecule has 1 N–H and O–H groups in total. The maximum absolute atomic E-state index is 13.3. The fraction of sp³-hybridized carbons (Fsp3) is 0.308. The largest absolute Gasteiger partial charge is 0.312 e. The fourth-order valence-electron chi connectivity index (χ4n) is 1.65. The van der Waals surface area contributed by atoms with Crippen LogP contribution in [0.15, 0.2) is 28.1 Å². The molecule has 5 heteroatoms. The maximum atomic E-state index is 13.3. The Morgan fingerprint density at radius 1 is 1.44 bits per heavy atom. The summed E-state index contributed by atoms with van der Waals surface area (Å²) in [6.07, 6.45) is 0.900. The Balaban J connectivity index is 1.80. The highest BCUT2D eigenvalue weighted by atomic mass is 79.9. The van der Waals surface area contributed by atoms with E-state index in [1.807, 2.05) is 13.0 Å². The summed E-state index contributed by atoms with van der Waals surface area (Å²) in [6.45, 7) is 3.50. The normalized spacial score (nSPS) is 10.8. The average molecular weight is 329 g/mol. The molecule has 18 heavy (non-hydrogen) atoms. The van der Waals surface area contributed by atoms with Gasteiger partial charge in [-0.25, -0.2) is 9.37 Å². The number of thiazole rings is 1. The number of aryl methyl sites for hydroxylation is 1. The van der Waals surface area contributed by atoms with Crippen LogP contribution < -0.4 is 5.32 Å². The van der Waals surface area contributed by atoms with Crippen molar-refractivity contribution in [2.75, 3.05) is 6.54 Å². The van der Waals surface area contributed by atoms with Crippen molar-refractivity contribution < 1.29 is 4.39 Å². The summed E-state index contributed by atoms with van der Waals surface area (Å²) >= 11 is 4.92. The smallest absolute Gasteiger partial charge is 0.137 e. The number of nitrogens with one attached hydrogen (secondary N) is 1. The molecule has 1 aromatic heterocycles. The van der Waals surface area contributed by atoms with Crippen LogP contribution >= 0.6 is 27.3 Å². The van der Waals surface area contributed by atoms with Crippen molar-refractivity contribution in [3.05, 3.63) is 50.1 Å². The van der Waals surface area contributed by atoms with Gasteiger partial charge in [0.2, 0.25) is 0 Å². The molecule has 1 aromatic carbocycles. The molecular formula is C13H14BrFN2S. The van der Waals surface area contributed by atoms with Crippen LogP contribution in [-0.2, 0) is 13.0 Å². The predicted molar refractivity (Wildman–Crippen MR) is 76.4 cm³/mol. The van der Waals surface area contributed by atoms with Gasteiger partial charge in [-0.15, -0.1) is 11.3 Å². The van der Waals surface area contributed by atoms with E-state index < -0.39 is 0 Å². The van der Waals surface area contributed by atoms with E-state index in [1.165, 1.54) is 6.07 Å². The van der Waals surface area contributed by atoms with E-state index in [0.717, 1.165) is 29.2 Å². The number of aromatic nitrogens is 1. The third kappa shape index (κ3) is 3.60. The molecule has 2 nitrogen and oxygen atoms in total. The standard InChI is InChI=1S/C13H14BrFN2S/c1-9-17-11(8-18-9)5-6-16-7-10-3-2-4-12(15)13(10)14/h2-4,8,16H,5-7H2,1H3. The molecule has 0 fully saturated rings. The molecule has 1 heterocycles. The molecular weight excluding hydrogens is 315 g/mol. The van der Waals surface area contributed by atoms with E-state index >= 15 is 0 Å². The highest BCUT2D eigenvalue weighted by Gasteiger charge is 2.04. The van der Waals surface area contributed by atoms with Gasteiger partial charge in [-0.1, -0.05) is 12.1 Å². The van der Waals surface area contributed by atoms with Gasteiger partial charge >= 0.3 is 0 Å². The van der Waals surface area contributed by atoms with Gasteiger partial charge in [0.1, 0.15) is 5.82 Å². The minimum absolute atomic E-state index is 0.218. The molecule has 0 saturated carbocycles. The second-order valence-corrected chi connectivity index (χ2v) is 5.85. The monoisotopic (exact) mass is 328 g/mol. The van der Waals surface area contributed by atoms with Crippen molar-refractivity contribution in [3.8, 4) is 0 Å². The molecule has 0 atom stereocenters. The number of nitrogens with zero attached hydrogens (tertiary/aromatic N) is 1. The molecule has 0 aliphatic heterocycles. The van der Waals surface area contributed by atoms with Crippen LogP contribution in [0.4, 0.5) is 4.39 Å². The van der Waals surface area contributed by atoms with Crippen LogP contribution in [0.1, 0.15) is 16.3 Å². The number of hydrogen-bond acceptors (Lipinski definition) is 3. The summed E-state index contributed by atoms with van der Waals surface area (Å²) < 4.78 is 13.8. The van der Waals surface area contributed by atoms with Crippen molar-refractivity contribution in [2.24, 2.45) is 0 Å². The van der Waals surface area contributed by atoms with Crippen LogP contribution in [0.25, 0.3) is 0 Å². The lowest BCUT2D eigenvalue weighted by atomic mass is 10.2. The summed E-state index contributed by atoms with van der Waals surface area (Å²) in [7, 11) is 0. The van der Waals surface area contributed by atoms with E-state index in [9.17, 15) is 4.39 Å². The lowest BCUT2D eigenvalue weighted by Crippen LogP contribution is -2.17. The molecule has 0 spiro atoms. The average Bonchev–Trinajstić information content (AvgIpc) is 2.76. The number of halogens is 2. The number of rotatable bonds is 5. The minimum Gasteiger partial charge on any atom is -0.312 e. The third-order valence-electron chi connectivity index (χ3n) is 2.57. The molecule has 0 amide bonds. The van der Waals surface area contributed by atoms with Crippen molar-refractivity contribution in [1.29, 1.82) is 0 Å². The molecule has 96 valence electrons. The highest BCUT2D eigenvalue weighted by molar-refractivity contribution is 9.10. The first-order chi connectivity index (χ1) is 8.66. The molecule has 0 bridgehead atoms. The molecule has 0 aliphatic rings. The Kier molecular flexibility index (Phi) is 4.86. The summed E-state index contributed by atoms with van der Waals surface area (Å²) in [5.41, 5.74) is 2.05. The molecule has 2 aromatic rings. The molecule has 2 rings (SSSR count). The van der Waals surface area contributed by atoms with Gasteiger partial charge in [0, 0.05) is 24.9 Å². The topological polar surface area (TPSA) is 24.9 Å². The van der Waals surface area contributed by atoms with Gasteiger partial charge in [0.05, 0.1) is 15.2 Å². The van der Waals surface area contributed by atoms with Gasteiger partial charge < -0.3 is 5.32 Å². The number of hydrogen-bond donors (Lipinski definition) is 1. The van der Waals surface area contributed by atoms with Crippen LogP contribution in [0, 0.1) is 12.7 Å². The van der Waals surface area contributed by atoms with Gasteiger partial charge in [-0.2, -0.15) is 0 Å². The highest BCUT2D eigenvalue weighted by Crippen LogP contribution is 2.20. The molecule has 0 saturated heterocycles. The van der Waals surface area contributed by atoms with Crippen molar-refractivity contribution >= 4 is 27.3 Å². The van der Waals surface area contributed by atoms with Gasteiger partial charge in [-0.3, -0.25) is 0 Å². The molecule has 0 unspecified atom stereocenters. The van der Waals surface area contributed by atoms with Crippen molar-refractivity contribution in [3.63, 3.8) is 0 Å². The van der Waals surface area contributed by atoms with E-state index in [4.69, 9.17) is 0 Å². The summed E-state index contributed by atoms with van der Waals surface area (Å²) in [5, 5.41) is 6.47. The molecule has 0 aliphatic carbocycles. The first-order valence-corrected chi connectivity index (χ1v) is 7.38. The zero-order valence-electron chi connectivity index (χ0n) is 10.0. The summed E-state index contributed by atoms with van der Waals surface area (Å²) in [6, 6.07) is 5.08. The van der Waals surface area contributed by atoms with E-state index in [1.54, 1.807) is 17.4 Å². The quantitative estimate of drug-likeness (QED) is 0.847. The fourth-order valence-corrected chi connectivity index (χ4v) is 2.70. The lowest BCUT2D eigenvalue weighted by molar-refractivity contribution is 0.612. The van der Waals surface area contributed by atoms with Gasteiger partial charge in [0.25, 0.3) is 0 Å². The number of benzene rings is 1. The van der Waals surface area contributed by atoms with E-state index in [2.05, 4.69) is 31.6 Å². The third-order valence-corrected chi connectivity index (χ3v) is 4.28. The summed E-state index contributed by atoms with van der Waals surface area (Å²) in [5.74, 6) is -0.218. The predicted octanol–water partition coefficient (Wildman–Crippen LogP) is 3.69. The Morgan fingerprint density at radius 2 is 2.28 bits per heavy atom. The SMILES string of the molecule is Cc1nc(CCNCc2cccc(F)c2Br)cs1. The van der Waals surface area contributed by atoms with Crippen LogP contribution in [0.3, 0.4) is 0 Å². The van der Waals surface area contributed by atoms with Gasteiger partial charge in [-0.05, 0) is 34.5 Å². The zero-order chi connectivity index (χ0) is 13.0. The second kappa shape index (κ2) is 6.41. The first kappa shape index (κ1) is 13.6. The van der Waals surface area contributed by atoms with Crippen molar-refractivity contribution in [2.45, 2.75) is 19.9 Å². The van der Waals surface area contributed by atoms with Crippen molar-refractivity contribution in [1.82, 2.24) is 10.3 Å². The first-order valence-electron chi connectivity index (χ1n) is 5.71. The Bertz CT molecular complexity index is 527. The Labute approximate surface area is 118 Å². The van der Waals surface area contributed by atoms with Crippen LogP contribution in [-0.4, -0.2) is 11.5 Å². The Hall–Kier alpha value is -0.780. The summed E-state index contributed by atoms with van der Waals surface area (Å²) in [4.78, 5) is 4.40. The Morgan fingerprint density at radius 3 is 3.00 bits per heavy atom. The van der Waals surface area contributed by atoms with E-state index in [0.29, 0.717) is 11.0 Å². The van der Waals surface area contributed by atoms with Gasteiger partial charge in [0.15, 0.2) is 0 Å². The van der Waals surface area contributed by atoms with Crippen LogP contribution in [0.5, 0.6) is 0 Å². The maximum Gasteiger partial charge on any atom is 0.137 e. The van der Waals surface area contributed by atoms with Crippen LogP contribution in [0.2, 0.25) is 0 Å². The molecule has 0 radical (unpaired) electrons. The minimum atomic E-state index is -0.218. The lowest BCUT2D eigenvalue weighted by Gasteiger charge is -2.06.